The molecule has 6 aromatic carbocycles. The summed E-state index contributed by atoms with van der Waals surface area (Å²) in [4.78, 5) is 17.5. The van der Waals surface area contributed by atoms with Gasteiger partial charge in [-0.15, -0.1) is 0 Å². The quantitative estimate of drug-likeness (QED) is 0.165. The van der Waals surface area contributed by atoms with Crippen molar-refractivity contribution in [2.45, 2.75) is 6.18 Å². The molecule has 0 N–H and O–H groups in total. The SMILES string of the molecule is Fc1cccc(F)c1-c1ccc(-n2c3ccccc3c3cc(-c4ncccn4)ccc32)c(C(F)(F)F)c1-n1c2ccccc2c2cc(-c3ncccn3)ccc21. The first kappa shape index (κ1) is 33.3. The van der Waals surface area contributed by atoms with Gasteiger partial charge in [0.2, 0.25) is 0 Å². The summed E-state index contributed by atoms with van der Waals surface area (Å²) in [5.74, 6) is -1.09. The number of hydrogen-bond donors (Lipinski definition) is 0. The standard InChI is InChI=1S/C45H25F5N6/c46-33-10-5-11-34(47)40(33)30-16-19-39(55-35-12-3-1-8-28(35)31-24-26(14-17-37(31)55)43-51-20-6-21-52-43)41(45(48,49)50)42(30)56-36-13-4-2-9-29(36)32-25-27(15-18-38(32)56)44-53-22-7-23-54-44/h1-25H. The van der Waals surface area contributed by atoms with Crippen LogP contribution in [0.5, 0.6) is 0 Å². The first-order valence-corrected chi connectivity index (χ1v) is 17.6. The Morgan fingerprint density at radius 3 is 1.46 bits per heavy atom. The predicted molar refractivity (Wildman–Crippen MR) is 208 cm³/mol. The third kappa shape index (κ3) is 5.15. The lowest BCUT2D eigenvalue weighted by atomic mass is 9.96. The van der Waals surface area contributed by atoms with Crippen molar-refractivity contribution in [1.29, 1.82) is 0 Å². The highest BCUT2D eigenvalue weighted by Crippen LogP contribution is 2.48. The average Bonchev–Trinajstić information content (AvgIpc) is 3.73. The lowest BCUT2D eigenvalue weighted by Gasteiger charge is -2.24. The van der Waals surface area contributed by atoms with Gasteiger partial charge in [-0.2, -0.15) is 13.2 Å². The molecule has 0 amide bonds. The van der Waals surface area contributed by atoms with Crippen molar-refractivity contribution in [2.75, 3.05) is 0 Å². The summed E-state index contributed by atoms with van der Waals surface area (Å²) in [6.07, 6.45) is 1.43. The number of nitrogens with zero attached hydrogens (tertiary/aromatic N) is 6. The van der Waals surface area contributed by atoms with E-state index in [9.17, 15) is 0 Å². The van der Waals surface area contributed by atoms with Crippen LogP contribution in [-0.2, 0) is 6.18 Å². The van der Waals surface area contributed by atoms with E-state index in [-0.39, 0.29) is 11.3 Å². The van der Waals surface area contributed by atoms with Gasteiger partial charge in [0.1, 0.15) is 17.2 Å². The lowest BCUT2D eigenvalue weighted by molar-refractivity contribution is -0.137. The van der Waals surface area contributed by atoms with Gasteiger partial charge in [-0.1, -0.05) is 42.5 Å². The summed E-state index contributed by atoms with van der Waals surface area (Å²) in [5.41, 5.74) is 0.571. The third-order valence-electron chi connectivity index (χ3n) is 10.1. The number of rotatable bonds is 5. The van der Waals surface area contributed by atoms with Gasteiger partial charge in [-0.05, 0) is 84.9 Å². The summed E-state index contributed by atoms with van der Waals surface area (Å²) in [6.45, 7) is 0. The molecule has 0 saturated heterocycles. The first-order valence-electron chi connectivity index (χ1n) is 17.6. The zero-order valence-electron chi connectivity index (χ0n) is 29.0. The van der Waals surface area contributed by atoms with Crippen molar-refractivity contribution in [3.05, 3.63) is 169 Å². The zero-order chi connectivity index (χ0) is 38.1. The van der Waals surface area contributed by atoms with Crippen LogP contribution < -0.4 is 0 Å². The molecule has 0 spiro atoms. The van der Waals surface area contributed by atoms with Crippen LogP contribution >= 0.6 is 0 Å². The van der Waals surface area contributed by atoms with Gasteiger partial charge in [0.15, 0.2) is 11.6 Å². The van der Waals surface area contributed by atoms with Gasteiger partial charge in [0, 0.05) is 63.0 Å². The van der Waals surface area contributed by atoms with Crippen molar-refractivity contribution < 1.29 is 22.0 Å². The number of benzene rings is 6. The topological polar surface area (TPSA) is 61.4 Å². The Hall–Kier alpha value is -7.27. The molecule has 4 aromatic heterocycles. The van der Waals surface area contributed by atoms with E-state index in [0.29, 0.717) is 66.4 Å². The molecule has 0 atom stereocenters. The fraction of sp³-hybridized carbons (Fsp3) is 0.0222. The molecular formula is C45H25F5N6. The molecule has 0 unspecified atom stereocenters. The number of aromatic nitrogens is 6. The molecule has 10 aromatic rings. The van der Waals surface area contributed by atoms with E-state index in [1.807, 2.05) is 30.3 Å². The van der Waals surface area contributed by atoms with Crippen molar-refractivity contribution in [2.24, 2.45) is 0 Å². The molecule has 10 rings (SSSR count). The predicted octanol–water partition coefficient (Wildman–Crippen LogP) is 11.8. The Morgan fingerprint density at radius 1 is 0.446 bits per heavy atom. The highest BCUT2D eigenvalue weighted by Gasteiger charge is 2.41. The maximum absolute atomic E-state index is 16.3. The maximum atomic E-state index is 16.3. The molecule has 0 saturated carbocycles. The fourth-order valence-electron chi connectivity index (χ4n) is 7.86. The van der Waals surface area contributed by atoms with Crippen LogP contribution in [-0.4, -0.2) is 29.1 Å². The zero-order valence-corrected chi connectivity index (χ0v) is 29.0. The molecule has 56 heavy (non-hydrogen) atoms. The molecule has 6 nitrogen and oxygen atoms in total. The Morgan fingerprint density at radius 2 is 0.929 bits per heavy atom. The minimum atomic E-state index is -5.03. The number of halogens is 5. The second kappa shape index (κ2) is 12.7. The Bertz CT molecular complexity index is 3130. The average molecular weight is 745 g/mol. The molecule has 4 heterocycles. The van der Waals surface area contributed by atoms with E-state index in [1.54, 1.807) is 96.1 Å². The summed E-state index contributed by atoms with van der Waals surface area (Å²) in [5, 5.41) is 2.62. The molecule has 0 fully saturated rings. The number of hydrogen-bond acceptors (Lipinski definition) is 4. The number of para-hydroxylation sites is 2. The van der Waals surface area contributed by atoms with Gasteiger partial charge in [0.25, 0.3) is 0 Å². The monoisotopic (exact) mass is 744 g/mol. The molecule has 11 heteroatoms. The van der Waals surface area contributed by atoms with Crippen LogP contribution in [0.3, 0.4) is 0 Å². The van der Waals surface area contributed by atoms with Crippen LogP contribution in [0.2, 0.25) is 0 Å². The molecular weight excluding hydrogens is 720 g/mol. The summed E-state index contributed by atoms with van der Waals surface area (Å²) in [7, 11) is 0. The minimum absolute atomic E-state index is 0.219. The molecule has 0 aliphatic heterocycles. The largest absolute Gasteiger partial charge is 0.420 e. The van der Waals surface area contributed by atoms with Crippen molar-refractivity contribution in [1.82, 2.24) is 29.1 Å². The van der Waals surface area contributed by atoms with Crippen LogP contribution in [0, 0.1) is 11.6 Å². The molecule has 0 aliphatic rings. The fourth-order valence-corrected chi connectivity index (χ4v) is 7.86. The van der Waals surface area contributed by atoms with E-state index >= 15 is 22.0 Å². The highest BCUT2D eigenvalue weighted by atomic mass is 19.4. The Kier molecular flexibility index (Phi) is 7.53. The first-order chi connectivity index (χ1) is 27.3. The molecule has 0 aliphatic carbocycles. The molecule has 0 radical (unpaired) electrons. The summed E-state index contributed by atoms with van der Waals surface area (Å²) in [6, 6.07) is 34.2. The number of fused-ring (bicyclic) bond motifs is 6. The van der Waals surface area contributed by atoms with E-state index < -0.39 is 34.6 Å². The van der Waals surface area contributed by atoms with Crippen LogP contribution in [0.4, 0.5) is 22.0 Å². The van der Waals surface area contributed by atoms with Gasteiger partial charge >= 0.3 is 6.18 Å². The van der Waals surface area contributed by atoms with Crippen LogP contribution in [0.25, 0.3) is 88.9 Å². The summed E-state index contributed by atoms with van der Waals surface area (Å²) >= 11 is 0. The van der Waals surface area contributed by atoms with E-state index in [4.69, 9.17) is 0 Å². The molecule has 270 valence electrons. The Balaban J connectivity index is 1.36. The van der Waals surface area contributed by atoms with Gasteiger partial charge in [-0.25, -0.2) is 28.7 Å². The van der Waals surface area contributed by atoms with Gasteiger partial charge in [-0.3, -0.25) is 0 Å². The maximum Gasteiger partial charge on any atom is 0.420 e. The molecule has 0 bridgehead atoms. The minimum Gasteiger partial charge on any atom is -0.309 e. The van der Waals surface area contributed by atoms with Gasteiger partial charge in [0.05, 0.1) is 39.0 Å². The second-order valence-corrected chi connectivity index (χ2v) is 13.3. The smallest absolute Gasteiger partial charge is 0.309 e. The normalized spacial score (nSPS) is 12.0. The highest BCUT2D eigenvalue weighted by molar-refractivity contribution is 6.12. The lowest BCUT2D eigenvalue weighted by Crippen LogP contribution is -2.17. The van der Waals surface area contributed by atoms with Crippen molar-refractivity contribution >= 4 is 43.6 Å². The summed E-state index contributed by atoms with van der Waals surface area (Å²) < 4.78 is 83.7. The van der Waals surface area contributed by atoms with Crippen molar-refractivity contribution in [3.8, 4) is 45.3 Å². The van der Waals surface area contributed by atoms with E-state index in [1.165, 1.54) is 22.8 Å². The third-order valence-corrected chi connectivity index (χ3v) is 10.1. The van der Waals surface area contributed by atoms with Gasteiger partial charge < -0.3 is 9.13 Å². The Labute approximate surface area is 314 Å². The van der Waals surface area contributed by atoms with E-state index in [0.717, 1.165) is 12.1 Å². The van der Waals surface area contributed by atoms with Crippen molar-refractivity contribution in [3.63, 3.8) is 0 Å². The van der Waals surface area contributed by atoms with E-state index in [2.05, 4.69) is 19.9 Å². The second-order valence-electron chi connectivity index (χ2n) is 13.3. The van der Waals surface area contributed by atoms with Crippen LogP contribution in [0.1, 0.15) is 5.56 Å². The number of alkyl halides is 3. The van der Waals surface area contributed by atoms with Crippen LogP contribution in [0.15, 0.2) is 152 Å².